The molecule has 7 nitrogen and oxygen atoms in total. The highest BCUT2D eigenvalue weighted by molar-refractivity contribution is 5.80. The van der Waals surface area contributed by atoms with Crippen LogP contribution in [0.15, 0.2) is 48.5 Å². The van der Waals surface area contributed by atoms with Crippen LogP contribution in [0.2, 0.25) is 0 Å². The first-order valence-corrected chi connectivity index (χ1v) is 11.0. The van der Waals surface area contributed by atoms with Crippen molar-refractivity contribution in [1.82, 2.24) is 10.6 Å². The molecule has 0 spiro atoms. The second-order valence-corrected chi connectivity index (χ2v) is 8.26. The SMILES string of the molecule is CCC(CC(=O)NC(C)C(C)C(=O)O)NC(=O)OCC1c2ccccc2-c2ccccc21. The summed E-state index contributed by atoms with van der Waals surface area (Å²) >= 11 is 0. The zero-order chi connectivity index (χ0) is 23.3. The lowest BCUT2D eigenvalue weighted by Crippen LogP contribution is -2.44. The van der Waals surface area contributed by atoms with E-state index < -0.39 is 30.1 Å². The molecular formula is C25H30N2O5. The summed E-state index contributed by atoms with van der Waals surface area (Å²) in [7, 11) is 0. The number of alkyl carbamates (subject to hydrolysis) is 1. The molecule has 0 aromatic heterocycles. The summed E-state index contributed by atoms with van der Waals surface area (Å²) in [5, 5.41) is 14.5. The Morgan fingerprint density at radius 1 is 0.969 bits per heavy atom. The molecule has 0 fully saturated rings. The van der Waals surface area contributed by atoms with E-state index in [-0.39, 0.29) is 24.9 Å². The monoisotopic (exact) mass is 438 g/mol. The molecule has 3 atom stereocenters. The standard InChI is InChI=1S/C25H30N2O5/c1-4-17(13-23(28)26-16(3)15(2)24(29)30)27-25(31)32-14-22-20-11-7-5-9-18(20)19-10-6-8-12-21(19)22/h5-12,15-17,22H,4,13-14H2,1-3H3,(H,26,28)(H,27,31)(H,29,30). The van der Waals surface area contributed by atoms with Gasteiger partial charge in [0, 0.05) is 24.4 Å². The molecule has 7 heteroatoms. The van der Waals surface area contributed by atoms with Gasteiger partial charge in [-0.05, 0) is 42.5 Å². The Hall–Kier alpha value is -3.35. The third-order valence-corrected chi connectivity index (χ3v) is 6.12. The van der Waals surface area contributed by atoms with E-state index in [0.717, 1.165) is 22.3 Å². The van der Waals surface area contributed by atoms with Crippen LogP contribution in [0.1, 0.15) is 50.7 Å². The lowest BCUT2D eigenvalue weighted by atomic mass is 9.98. The fourth-order valence-corrected chi connectivity index (χ4v) is 3.98. The Labute approximate surface area is 188 Å². The van der Waals surface area contributed by atoms with Crippen LogP contribution in [0.5, 0.6) is 0 Å². The zero-order valence-corrected chi connectivity index (χ0v) is 18.6. The number of carbonyl (C=O) groups is 3. The van der Waals surface area contributed by atoms with Crippen molar-refractivity contribution in [1.29, 1.82) is 0 Å². The van der Waals surface area contributed by atoms with Crippen LogP contribution in [-0.2, 0) is 14.3 Å². The quantitative estimate of drug-likeness (QED) is 0.550. The number of carboxylic acid groups (broad SMARTS) is 1. The van der Waals surface area contributed by atoms with Crippen molar-refractivity contribution in [2.24, 2.45) is 5.92 Å². The van der Waals surface area contributed by atoms with Crippen molar-refractivity contribution in [3.05, 3.63) is 59.7 Å². The van der Waals surface area contributed by atoms with E-state index in [9.17, 15) is 14.4 Å². The second kappa shape index (κ2) is 10.3. The number of rotatable bonds is 9. The van der Waals surface area contributed by atoms with Crippen molar-refractivity contribution < 1.29 is 24.2 Å². The van der Waals surface area contributed by atoms with Gasteiger partial charge in [0.1, 0.15) is 6.61 Å². The Morgan fingerprint density at radius 2 is 1.53 bits per heavy atom. The second-order valence-electron chi connectivity index (χ2n) is 8.26. The Kier molecular flexibility index (Phi) is 7.51. The van der Waals surface area contributed by atoms with Gasteiger partial charge in [-0.1, -0.05) is 55.5 Å². The number of hydrogen-bond donors (Lipinski definition) is 3. The first-order chi connectivity index (χ1) is 15.3. The molecule has 2 amide bonds. The summed E-state index contributed by atoms with van der Waals surface area (Å²) in [4.78, 5) is 35.8. The predicted octanol–water partition coefficient (Wildman–Crippen LogP) is 3.92. The Morgan fingerprint density at radius 3 is 2.06 bits per heavy atom. The third kappa shape index (κ3) is 5.28. The molecule has 0 heterocycles. The number of nitrogens with one attached hydrogen (secondary N) is 2. The van der Waals surface area contributed by atoms with Crippen molar-refractivity contribution in [2.75, 3.05) is 6.61 Å². The van der Waals surface area contributed by atoms with Crippen molar-refractivity contribution in [2.45, 2.75) is 51.6 Å². The highest BCUT2D eigenvalue weighted by Crippen LogP contribution is 2.44. The number of carboxylic acids is 1. The van der Waals surface area contributed by atoms with Gasteiger partial charge in [-0.2, -0.15) is 0 Å². The maximum Gasteiger partial charge on any atom is 0.407 e. The van der Waals surface area contributed by atoms with Gasteiger partial charge >= 0.3 is 12.1 Å². The number of amides is 2. The fourth-order valence-electron chi connectivity index (χ4n) is 3.98. The Balaban J connectivity index is 1.55. The number of aliphatic carboxylic acids is 1. The molecule has 0 bridgehead atoms. The highest BCUT2D eigenvalue weighted by Gasteiger charge is 2.29. The van der Waals surface area contributed by atoms with Gasteiger partial charge < -0.3 is 20.5 Å². The minimum Gasteiger partial charge on any atom is -0.481 e. The third-order valence-electron chi connectivity index (χ3n) is 6.12. The van der Waals surface area contributed by atoms with Crippen LogP contribution >= 0.6 is 0 Å². The fraction of sp³-hybridized carbons (Fsp3) is 0.400. The summed E-state index contributed by atoms with van der Waals surface area (Å²) in [5.74, 6) is -2.01. The molecule has 0 radical (unpaired) electrons. The summed E-state index contributed by atoms with van der Waals surface area (Å²) in [5.41, 5.74) is 4.58. The van der Waals surface area contributed by atoms with Crippen LogP contribution < -0.4 is 10.6 Å². The molecule has 0 saturated carbocycles. The summed E-state index contributed by atoms with van der Waals surface area (Å²) in [6.07, 6.45) is 0.0242. The minimum absolute atomic E-state index is 0.0325. The number of carbonyl (C=O) groups excluding carboxylic acids is 2. The van der Waals surface area contributed by atoms with Gasteiger partial charge in [-0.3, -0.25) is 9.59 Å². The van der Waals surface area contributed by atoms with Crippen LogP contribution in [0.25, 0.3) is 11.1 Å². The number of fused-ring (bicyclic) bond motifs is 3. The van der Waals surface area contributed by atoms with Gasteiger partial charge in [0.2, 0.25) is 5.91 Å². The molecule has 0 saturated heterocycles. The van der Waals surface area contributed by atoms with E-state index >= 15 is 0 Å². The molecule has 3 unspecified atom stereocenters. The van der Waals surface area contributed by atoms with Crippen LogP contribution in [0, 0.1) is 5.92 Å². The van der Waals surface area contributed by atoms with Crippen molar-refractivity contribution in [3.63, 3.8) is 0 Å². The molecule has 170 valence electrons. The smallest absolute Gasteiger partial charge is 0.407 e. The van der Waals surface area contributed by atoms with Gasteiger partial charge in [0.25, 0.3) is 0 Å². The average Bonchev–Trinajstić information content (AvgIpc) is 3.10. The lowest BCUT2D eigenvalue weighted by molar-refractivity contribution is -0.142. The highest BCUT2D eigenvalue weighted by atomic mass is 16.5. The Bertz CT molecular complexity index is 944. The van der Waals surface area contributed by atoms with Crippen molar-refractivity contribution >= 4 is 18.0 Å². The largest absolute Gasteiger partial charge is 0.481 e. The predicted molar refractivity (Wildman–Crippen MR) is 121 cm³/mol. The van der Waals surface area contributed by atoms with Gasteiger partial charge in [-0.25, -0.2) is 4.79 Å². The summed E-state index contributed by atoms with van der Waals surface area (Å²) in [6.45, 7) is 5.26. The number of hydrogen-bond acceptors (Lipinski definition) is 4. The van der Waals surface area contributed by atoms with Crippen LogP contribution in [-0.4, -0.2) is 41.8 Å². The van der Waals surface area contributed by atoms with E-state index in [4.69, 9.17) is 9.84 Å². The molecule has 3 N–H and O–H groups in total. The maximum atomic E-state index is 12.5. The average molecular weight is 439 g/mol. The molecule has 2 aromatic rings. The molecule has 32 heavy (non-hydrogen) atoms. The first-order valence-electron chi connectivity index (χ1n) is 11.0. The van der Waals surface area contributed by atoms with E-state index in [2.05, 4.69) is 34.9 Å². The molecule has 2 aromatic carbocycles. The van der Waals surface area contributed by atoms with E-state index in [0.29, 0.717) is 6.42 Å². The zero-order valence-electron chi connectivity index (χ0n) is 18.6. The normalized spacial score (nSPS) is 15.1. The summed E-state index contributed by atoms with van der Waals surface area (Å²) < 4.78 is 5.54. The summed E-state index contributed by atoms with van der Waals surface area (Å²) in [6, 6.07) is 15.3. The van der Waals surface area contributed by atoms with E-state index in [1.165, 1.54) is 0 Å². The van der Waals surface area contributed by atoms with Crippen molar-refractivity contribution in [3.8, 4) is 11.1 Å². The van der Waals surface area contributed by atoms with E-state index in [1.54, 1.807) is 13.8 Å². The van der Waals surface area contributed by atoms with Gasteiger partial charge in [-0.15, -0.1) is 0 Å². The molecular weight excluding hydrogens is 408 g/mol. The minimum atomic E-state index is -0.971. The van der Waals surface area contributed by atoms with Crippen LogP contribution in [0.4, 0.5) is 4.79 Å². The molecule has 3 rings (SSSR count). The van der Waals surface area contributed by atoms with Gasteiger partial charge in [0.05, 0.1) is 5.92 Å². The maximum absolute atomic E-state index is 12.5. The molecule has 1 aliphatic rings. The van der Waals surface area contributed by atoms with Crippen LogP contribution in [0.3, 0.4) is 0 Å². The molecule has 0 aliphatic heterocycles. The van der Waals surface area contributed by atoms with Gasteiger partial charge in [0.15, 0.2) is 0 Å². The van der Waals surface area contributed by atoms with E-state index in [1.807, 2.05) is 31.2 Å². The molecule has 1 aliphatic carbocycles. The first kappa shape index (κ1) is 23.3. The number of benzene rings is 2. The topological polar surface area (TPSA) is 105 Å². The lowest BCUT2D eigenvalue weighted by Gasteiger charge is -2.21. The number of ether oxygens (including phenoxy) is 1.